The van der Waals surface area contributed by atoms with Gasteiger partial charge >= 0.3 is 11.6 Å². The number of carbonyl (C=O) groups is 1. The van der Waals surface area contributed by atoms with Gasteiger partial charge in [-0.15, -0.1) is 0 Å². The molecule has 1 aromatic carbocycles. The zero-order chi connectivity index (χ0) is 13.4. The Bertz CT molecular complexity index is 657. The Morgan fingerprint density at radius 3 is 2.74 bits per heavy atom. The van der Waals surface area contributed by atoms with Gasteiger partial charge in [-0.25, -0.2) is 4.39 Å². The lowest BCUT2D eigenvalue weighted by Gasteiger charge is -2.20. The molecule has 5 heteroatoms. The molecule has 0 spiro atoms. The van der Waals surface area contributed by atoms with Crippen LogP contribution in [0.4, 0.5) is 10.1 Å². The highest BCUT2D eigenvalue weighted by Crippen LogP contribution is 2.38. The lowest BCUT2D eigenvalue weighted by atomic mass is 9.95. The molecule has 1 saturated heterocycles. The normalized spacial score (nSPS) is 21.7. The lowest BCUT2D eigenvalue weighted by molar-refractivity contribution is -0.115. The molecule has 0 radical (unpaired) electrons. The maximum Gasteiger partial charge on any atom is 0.366 e. The van der Waals surface area contributed by atoms with Crippen molar-refractivity contribution >= 4 is 17.3 Å². The molecule has 19 heavy (non-hydrogen) atoms. The number of halogens is 1. The summed E-state index contributed by atoms with van der Waals surface area (Å²) >= 11 is 0. The predicted molar refractivity (Wildman–Crippen MR) is 67.9 cm³/mol. The third kappa shape index (κ3) is 1.63. The smallest absolute Gasteiger partial charge is 0.361 e. The van der Waals surface area contributed by atoms with Crippen molar-refractivity contribution in [2.24, 2.45) is 5.92 Å². The molecular weight excluding hydrogens is 245 g/mol. The van der Waals surface area contributed by atoms with Gasteiger partial charge in [-0.2, -0.15) is 4.79 Å². The number of anilines is 1. The molecule has 94 valence electrons. The number of hydrogen-bond acceptors (Lipinski definition) is 1. The average Bonchev–Trinajstić information content (AvgIpc) is 2.73. The Kier molecular flexibility index (Phi) is 2.62. The number of rotatable bonds is 1. The Hall–Kier alpha value is -2.52. The summed E-state index contributed by atoms with van der Waals surface area (Å²) in [6.07, 6.45) is 3.43. The Balaban J connectivity index is 2.21. The van der Waals surface area contributed by atoms with Crippen LogP contribution in [-0.4, -0.2) is 16.4 Å². The van der Waals surface area contributed by atoms with Crippen LogP contribution in [-0.2, 0) is 4.79 Å². The summed E-state index contributed by atoms with van der Waals surface area (Å²) in [6.45, 7) is 0. The molecule has 0 N–H and O–H groups in total. The SMILES string of the molecule is [N-]=[N+]=C1C(=O)N(c2ccccc2)C2=C(F)C=CCC12. The molecule has 1 unspecified atom stereocenters. The van der Waals surface area contributed by atoms with Gasteiger partial charge in [0, 0.05) is 5.69 Å². The van der Waals surface area contributed by atoms with Gasteiger partial charge in [0.1, 0.15) is 11.7 Å². The number of allylic oxidation sites excluding steroid dienone is 4. The fraction of sp³-hybridized carbons (Fsp3) is 0.143. The van der Waals surface area contributed by atoms with E-state index in [1.54, 1.807) is 30.3 Å². The fourth-order valence-corrected chi connectivity index (χ4v) is 2.49. The topological polar surface area (TPSA) is 56.7 Å². The molecular formula is C14H10FN3O. The van der Waals surface area contributed by atoms with Gasteiger partial charge < -0.3 is 5.53 Å². The zero-order valence-corrected chi connectivity index (χ0v) is 9.95. The summed E-state index contributed by atoms with van der Waals surface area (Å²) in [5, 5.41) is 0. The molecule has 1 atom stereocenters. The quantitative estimate of drug-likeness (QED) is 0.561. The van der Waals surface area contributed by atoms with Gasteiger partial charge in [-0.1, -0.05) is 24.3 Å². The van der Waals surface area contributed by atoms with Crippen molar-refractivity contribution in [2.75, 3.05) is 4.90 Å². The second-order valence-electron chi connectivity index (χ2n) is 4.39. The van der Waals surface area contributed by atoms with Crippen LogP contribution >= 0.6 is 0 Å². The van der Waals surface area contributed by atoms with Crippen LogP contribution in [0.2, 0.25) is 0 Å². The summed E-state index contributed by atoms with van der Waals surface area (Å²) in [5.74, 6) is -1.46. The monoisotopic (exact) mass is 255 g/mol. The minimum Gasteiger partial charge on any atom is -0.361 e. The average molecular weight is 255 g/mol. The minimum absolute atomic E-state index is 0.0154. The summed E-state index contributed by atoms with van der Waals surface area (Å²) in [4.78, 5) is 16.6. The van der Waals surface area contributed by atoms with E-state index >= 15 is 0 Å². The molecule has 1 aliphatic heterocycles. The first-order valence-corrected chi connectivity index (χ1v) is 5.91. The third-order valence-electron chi connectivity index (χ3n) is 3.33. The summed E-state index contributed by atoms with van der Waals surface area (Å²) in [5.41, 5.74) is 9.80. The highest BCUT2D eigenvalue weighted by Gasteiger charge is 2.50. The second-order valence-corrected chi connectivity index (χ2v) is 4.39. The van der Waals surface area contributed by atoms with Gasteiger partial charge in [0.2, 0.25) is 0 Å². The van der Waals surface area contributed by atoms with Crippen molar-refractivity contribution in [1.82, 2.24) is 0 Å². The molecule has 0 aromatic heterocycles. The largest absolute Gasteiger partial charge is 0.366 e. The van der Waals surface area contributed by atoms with E-state index in [0.29, 0.717) is 12.1 Å². The molecule has 3 rings (SSSR count). The highest BCUT2D eigenvalue weighted by atomic mass is 19.1. The summed E-state index contributed by atoms with van der Waals surface area (Å²) in [6, 6.07) is 8.78. The molecule has 1 aromatic rings. The van der Waals surface area contributed by atoms with Gasteiger partial charge in [-0.05, 0) is 24.6 Å². The fourth-order valence-electron chi connectivity index (χ4n) is 2.49. The first-order chi connectivity index (χ1) is 9.24. The first-order valence-electron chi connectivity index (χ1n) is 5.91. The van der Waals surface area contributed by atoms with E-state index in [4.69, 9.17) is 5.53 Å². The van der Waals surface area contributed by atoms with Crippen molar-refractivity contribution in [2.45, 2.75) is 6.42 Å². The van der Waals surface area contributed by atoms with Crippen molar-refractivity contribution in [3.05, 3.63) is 59.5 Å². The van der Waals surface area contributed by atoms with Gasteiger partial charge in [0.05, 0.1) is 5.70 Å². The maximum atomic E-state index is 14.0. The van der Waals surface area contributed by atoms with E-state index < -0.39 is 17.7 Å². The number of nitrogens with zero attached hydrogens (tertiary/aromatic N) is 3. The lowest BCUT2D eigenvalue weighted by Crippen LogP contribution is -2.26. The van der Waals surface area contributed by atoms with Gasteiger partial charge in [0.25, 0.3) is 0 Å². The Morgan fingerprint density at radius 2 is 2.05 bits per heavy atom. The third-order valence-corrected chi connectivity index (χ3v) is 3.33. The number of carbonyl (C=O) groups excluding carboxylic acids is 1. The molecule has 2 aliphatic rings. The maximum absolute atomic E-state index is 14.0. The zero-order valence-electron chi connectivity index (χ0n) is 9.95. The van der Waals surface area contributed by atoms with Crippen LogP contribution in [0.25, 0.3) is 5.53 Å². The first kappa shape index (κ1) is 11.6. The van der Waals surface area contributed by atoms with Crippen LogP contribution in [0.1, 0.15) is 6.42 Å². The molecule has 1 heterocycles. The van der Waals surface area contributed by atoms with E-state index in [-0.39, 0.29) is 11.4 Å². The number of hydrogen-bond donors (Lipinski definition) is 0. The molecule has 1 amide bonds. The molecule has 0 saturated carbocycles. The second kappa shape index (κ2) is 4.30. The van der Waals surface area contributed by atoms with Crippen molar-refractivity contribution in [1.29, 1.82) is 0 Å². The standard InChI is InChI=1S/C14H10FN3O/c15-11-8-4-7-10-12(17-16)14(19)18(13(10)11)9-5-2-1-3-6-9/h1-6,8,10H,7H2. The van der Waals surface area contributed by atoms with E-state index in [1.807, 2.05) is 6.07 Å². The van der Waals surface area contributed by atoms with Crippen LogP contribution in [0, 0.1) is 5.92 Å². The number of amides is 1. The van der Waals surface area contributed by atoms with Crippen molar-refractivity contribution in [3.8, 4) is 0 Å². The number of para-hydroxylation sites is 1. The van der Waals surface area contributed by atoms with Crippen LogP contribution in [0.3, 0.4) is 0 Å². The van der Waals surface area contributed by atoms with Crippen molar-refractivity contribution in [3.63, 3.8) is 0 Å². The predicted octanol–water partition coefficient (Wildman–Crippen LogP) is 2.46. The Morgan fingerprint density at radius 1 is 1.32 bits per heavy atom. The van der Waals surface area contributed by atoms with E-state index in [2.05, 4.69) is 4.79 Å². The number of fused-ring (bicyclic) bond motifs is 1. The van der Waals surface area contributed by atoms with E-state index in [1.165, 1.54) is 11.0 Å². The molecule has 4 nitrogen and oxygen atoms in total. The van der Waals surface area contributed by atoms with Crippen LogP contribution < -0.4 is 4.90 Å². The van der Waals surface area contributed by atoms with Gasteiger partial charge in [-0.3, -0.25) is 9.69 Å². The summed E-state index contributed by atoms with van der Waals surface area (Å²) < 4.78 is 14.0. The molecule has 0 bridgehead atoms. The minimum atomic E-state index is -0.511. The van der Waals surface area contributed by atoms with E-state index in [0.717, 1.165) is 0 Å². The summed E-state index contributed by atoms with van der Waals surface area (Å²) in [7, 11) is 0. The number of benzene rings is 1. The molecule has 1 fully saturated rings. The van der Waals surface area contributed by atoms with Crippen LogP contribution in [0.5, 0.6) is 0 Å². The van der Waals surface area contributed by atoms with Crippen LogP contribution in [0.15, 0.2) is 54.0 Å². The molecule has 1 aliphatic carbocycles. The highest BCUT2D eigenvalue weighted by molar-refractivity contribution is 6.46. The van der Waals surface area contributed by atoms with Gasteiger partial charge in [0.15, 0.2) is 0 Å². The van der Waals surface area contributed by atoms with E-state index in [9.17, 15) is 9.18 Å². The van der Waals surface area contributed by atoms with Crippen molar-refractivity contribution < 1.29 is 14.0 Å². The Labute approximate surface area is 109 Å².